The molecule has 2 unspecified atom stereocenters. The molecule has 1 saturated heterocycles. The smallest absolute Gasteiger partial charge is 0.250 e. The summed E-state index contributed by atoms with van der Waals surface area (Å²) < 4.78 is 4.80. The fourth-order valence-electron chi connectivity index (χ4n) is 2.81. The minimum Gasteiger partial charge on any atom is -0.381 e. The summed E-state index contributed by atoms with van der Waals surface area (Å²) in [5.41, 5.74) is 1.88. The van der Waals surface area contributed by atoms with Gasteiger partial charge in [0.15, 0.2) is 0 Å². The molecule has 5 heteroatoms. The number of nitrogens with one attached hydrogen (secondary N) is 2. The SMILES string of the molecule is COCC(=O)Nc1ccc(NC2CN(C(C)C)CC2C)cc1. The average molecular weight is 305 g/mol. The lowest BCUT2D eigenvalue weighted by molar-refractivity contribution is -0.119. The molecule has 2 atom stereocenters. The van der Waals surface area contributed by atoms with Gasteiger partial charge in [0.25, 0.3) is 0 Å². The molecule has 1 aliphatic rings. The number of ether oxygens (including phenoxy) is 1. The number of hydrogen-bond donors (Lipinski definition) is 2. The second-order valence-corrected chi connectivity index (χ2v) is 6.33. The maximum absolute atomic E-state index is 11.5. The zero-order valence-electron chi connectivity index (χ0n) is 13.9. The Bertz CT molecular complexity index is 487. The lowest BCUT2D eigenvalue weighted by atomic mass is 10.1. The van der Waals surface area contributed by atoms with Gasteiger partial charge in [0.05, 0.1) is 0 Å². The summed E-state index contributed by atoms with van der Waals surface area (Å²) >= 11 is 0. The van der Waals surface area contributed by atoms with Crippen LogP contribution in [0.5, 0.6) is 0 Å². The highest BCUT2D eigenvalue weighted by molar-refractivity contribution is 5.91. The monoisotopic (exact) mass is 305 g/mol. The number of likely N-dealkylation sites (tertiary alicyclic amines) is 1. The highest BCUT2D eigenvalue weighted by atomic mass is 16.5. The van der Waals surface area contributed by atoms with Crippen molar-refractivity contribution in [3.63, 3.8) is 0 Å². The standard InChI is InChI=1S/C17H27N3O2/c1-12(2)20-9-13(3)16(10-20)18-14-5-7-15(8-6-14)19-17(21)11-22-4/h5-8,12-13,16,18H,9-11H2,1-4H3,(H,19,21). The zero-order valence-corrected chi connectivity index (χ0v) is 13.9. The third kappa shape index (κ3) is 4.45. The zero-order chi connectivity index (χ0) is 16.1. The van der Waals surface area contributed by atoms with Crippen LogP contribution >= 0.6 is 0 Å². The normalized spacial score (nSPS) is 22.0. The van der Waals surface area contributed by atoms with Crippen molar-refractivity contribution in [2.75, 3.05) is 37.4 Å². The molecular formula is C17H27N3O2. The van der Waals surface area contributed by atoms with E-state index in [0.29, 0.717) is 18.0 Å². The summed E-state index contributed by atoms with van der Waals surface area (Å²) in [4.78, 5) is 14.0. The number of carbonyl (C=O) groups excluding carboxylic acids is 1. The predicted molar refractivity (Wildman–Crippen MR) is 90.2 cm³/mol. The van der Waals surface area contributed by atoms with Crippen molar-refractivity contribution in [3.05, 3.63) is 24.3 Å². The summed E-state index contributed by atoms with van der Waals surface area (Å²) in [6.07, 6.45) is 0. The fourth-order valence-corrected chi connectivity index (χ4v) is 2.81. The molecule has 0 bridgehead atoms. The van der Waals surface area contributed by atoms with Crippen LogP contribution in [0.4, 0.5) is 11.4 Å². The van der Waals surface area contributed by atoms with Crippen LogP contribution in [-0.4, -0.2) is 49.7 Å². The number of amides is 1. The van der Waals surface area contributed by atoms with E-state index in [0.717, 1.165) is 24.5 Å². The molecule has 0 aliphatic carbocycles. The van der Waals surface area contributed by atoms with Crippen LogP contribution < -0.4 is 10.6 Å². The lowest BCUT2D eigenvalue weighted by Gasteiger charge is -2.21. The molecule has 0 radical (unpaired) electrons. The number of rotatable bonds is 6. The van der Waals surface area contributed by atoms with Crippen LogP contribution in [-0.2, 0) is 9.53 Å². The summed E-state index contributed by atoms with van der Waals surface area (Å²) in [5, 5.41) is 6.40. The second kappa shape index (κ2) is 7.61. The molecule has 1 aliphatic heterocycles. The first-order valence-electron chi connectivity index (χ1n) is 7.89. The first kappa shape index (κ1) is 16.8. The van der Waals surface area contributed by atoms with Gasteiger partial charge >= 0.3 is 0 Å². The summed E-state index contributed by atoms with van der Waals surface area (Å²) in [5.74, 6) is 0.490. The molecule has 122 valence electrons. The van der Waals surface area contributed by atoms with Crippen LogP contribution in [0.2, 0.25) is 0 Å². The Hall–Kier alpha value is -1.59. The van der Waals surface area contributed by atoms with E-state index in [1.165, 1.54) is 7.11 Å². The summed E-state index contributed by atoms with van der Waals surface area (Å²) in [6, 6.07) is 8.90. The first-order valence-corrected chi connectivity index (χ1v) is 7.89. The van der Waals surface area contributed by atoms with Crippen molar-refractivity contribution in [1.29, 1.82) is 0 Å². The molecule has 0 spiro atoms. The number of benzene rings is 1. The third-order valence-corrected chi connectivity index (χ3v) is 4.17. The van der Waals surface area contributed by atoms with Gasteiger partial charge in [-0.1, -0.05) is 6.92 Å². The maximum Gasteiger partial charge on any atom is 0.250 e. The van der Waals surface area contributed by atoms with Crippen molar-refractivity contribution in [2.45, 2.75) is 32.9 Å². The minimum absolute atomic E-state index is 0.0740. The van der Waals surface area contributed by atoms with E-state index >= 15 is 0 Å². The van der Waals surface area contributed by atoms with Crippen LogP contribution in [0.1, 0.15) is 20.8 Å². The molecule has 0 aromatic heterocycles. The Labute approximate surface area is 133 Å². The summed E-state index contributed by atoms with van der Waals surface area (Å²) in [7, 11) is 1.51. The van der Waals surface area contributed by atoms with Gasteiger partial charge in [-0.05, 0) is 44.0 Å². The fraction of sp³-hybridized carbons (Fsp3) is 0.588. The summed E-state index contributed by atoms with van der Waals surface area (Å²) in [6.45, 7) is 9.06. The topological polar surface area (TPSA) is 53.6 Å². The van der Waals surface area contributed by atoms with E-state index < -0.39 is 0 Å². The van der Waals surface area contributed by atoms with Crippen molar-refractivity contribution in [1.82, 2.24) is 4.90 Å². The number of nitrogens with zero attached hydrogens (tertiary/aromatic N) is 1. The van der Waals surface area contributed by atoms with E-state index in [1.807, 2.05) is 24.3 Å². The average Bonchev–Trinajstić information content (AvgIpc) is 2.83. The van der Waals surface area contributed by atoms with Gasteiger partial charge in [0, 0.05) is 43.7 Å². The minimum atomic E-state index is -0.139. The Morgan fingerprint density at radius 1 is 1.27 bits per heavy atom. The molecule has 22 heavy (non-hydrogen) atoms. The number of hydrogen-bond acceptors (Lipinski definition) is 4. The Morgan fingerprint density at radius 2 is 1.91 bits per heavy atom. The second-order valence-electron chi connectivity index (χ2n) is 6.33. The van der Waals surface area contributed by atoms with Gasteiger partial charge in [-0.25, -0.2) is 0 Å². The van der Waals surface area contributed by atoms with Crippen molar-refractivity contribution >= 4 is 17.3 Å². The molecule has 1 aromatic rings. The van der Waals surface area contributed by atoms with Crippen LogP contribution in [0, 0.1) is 5.92 Å². The van der Waals surface area contributed by atoms with Crippen molar-refractivity contribution in [2.24, 2.45) is 5.92 Å². The molecule has 1 fully saturated rings. The van der Waals surface area contributed by atoms with Gasteiger partial charge in [0.2, 0.25) is 5.91 Å². The van der Waals surface area contributed by atoms with E-state index in [9.17, 15) is 4.79 Å². The largest absolute Gasteiger partial charge is 0.381 e. The molecule has 1 heterocycles. The van der Waals surface area contributed by atoms with Crippen molar-refractivity contribution < 1.29 is 9.53 Å². The molecule has 0 saturated carbocycles. The van der Waals surface area contributed by atoms with E-state index in [1.54, 1.807) is 0 Å². The number of methoxy groups -OCH3 is 1. The van der Waals surface area contributed by atoms with Crippen LogP contribution in [0.25, 0.3) is 0 Å². The predicted octanol–water partition coefficient (Wildman–Crippen LogP) is 2.41. The molecule has 2 N–H and O–H groups in total. The molecule has 5 nitrogen and oxygen atoms in total. The lowest BCUT2D eigenvalue weighted by Crippen LogP contribution is -2.31. The van der Waals surface area contributed by atoms with E-state index in [4.69, 9.17) is 4.74 Å². The van der Waals surface area contributed by atoms with E-state index in [2.05, 4.69) is 36.3 Å². The molecule has 1 amide bonds. The Kier molecular flexibility index (Phi) is 5.80. The molecule has 2 rings (SSSR count). The quantitative estimate of drug-likeness (QED) is 0.847. The van der Waals surface area contributed by atoms with Gasteiger partial charge in [-0.3, -0.25) is 9.69 Å². The Balaban J connectivity index is 1.90. The van der Waals surface area contributed by atoms with Gasteiger partial charge in [0.1, 0.15) is 6.61 Å². The maximum atomic E-state index is 11.5. The van der Waals surface area contributed by atoms with Crippen LogP contribution in [0.15, 0.2) is 24.3 Å². The Morgan fingerprint density at radius 3 is 2.45 bits per heavy atom. The highest BCUT2D eigenvalue weighted by Crippen LogP contribution is 2.23. The molecular weight excluding hydrogens is 278 g/mol. The molecule has 1 aromatic carbocycles. The van der Waals surface area contributed by atoms with E-state index in [-0.39, 0.29) is 12.5 Å². The first-order chi connectivity index (χ1) is 10.5. The highest BCUT2D eigenvalue weighted by Gasteiger charge is 2.30. The third-order valence-electron chi connectivity index (χ3n) is 4.17. The van der Waals surface area contributed by atoms with Gasteiger partial charge in [-0.2, -0.15) is 0 Å². The van der Waals surface area contributed by atoms with Crippen LogP contribution in [0.3, 0.4) is 0 Å². The van der Waals surface area contributed by atoms with Gasteiger partial charge < -0.3 is 15.4 Å². The van der Waals surface area contributed by atoms with Gasteiger partial charge in [-0.15, -0.1) is 0 Å². The van der Waals surface area contributed by atoms with Crippen molar-refractivity contribution in [3.8, 4) is 0 Å². The number of carbonyl (C=O) groups is 1. The number of anilines is 2.